The summed E-state index contributed by atoms with van der Waals surface area (Å²) in [7, 11) is -9.19. The van der Waals surface area contributed by atoms with E-state index in [4.69, 9.17) is 0 Å². The van der Waals surface area contributed by atoms with Crippen molar-refractivity contribution in [1.82, 2.24) is 0 Å². The van der Waals surface area contributed by atoms with E-state index in [9.17, 15) is 18.9 Å². The van der Waals surface area contributed by atoms with Crippen molar-refractivity contribution < 1.29 is 18.9 Å². The summed E-state index contributed by atoms with van der Waals surface area (Å²) in [5.41, 5.74) is 0. The number of hydrogen-bond acceptors (Lipinski definition) is 2. The molecule has 2 aromatic carbocycles. The molecule has 0 saturated heterocycles. The fraction of sp³-hybridized carbons (Fsp3) is 0.500. The second-order valence-electron chi connectivity index (χ2n) is 10.5. The average Bonchev–Trinajstić information content (AvgIpc) is 2.67. The largest absolute Gasteiger partial charge is 0.341 e. The molecule has 2 N–H and O–H groups in total. The molecule has 2 rings (SSSR count). The van der Waals surface area contributed by atoms with Crippen LogP contribution in [0.5, 0.6) is 0 Å². The molecule has 0 saturated carbocycles. The van der Waals surface area contributed by atoms with E-state index in [-0.39, 0.29) is 21.1 Å². The van der Waals surface area contributed by atoms with Gasteiger partial charge < -0.3 is 9.79 Å². The van der Waals surface area contributed by atoms with Gasteiger partial charge >= 0.3 is 43.9 Å². The molecule has 0 amide bonds. The minimum absolute atomic E-state index is 0.218. The molecule has 2 unspecified atom stereocenters. The number of benzene rings is 2. The van der Waals surface area contributed by atoms with Crippen LogP contribution in [0.15, 0.2) is 60.7 Å². The zero-order valence-electron chi connectivity index (χ0n) is 21.7. The summed E-state index contributed by atoms with van der Waals surface area (Å²) >= 11 is 0.218. The molecule has 4 nitrogen and oxygen atoms in total. The Morgan fingerprint density at radius 2 is 0.909 bits per heavy atom. The Hall–Kier alpha value is 0.0525. The maximum Gasteiger partial charge on any atom is 0.227 e. The van der Waals surface area contributed by atoms with Gasteiger partial charge in [-0.15, -0.1) is 0 Å². The van der Waals surface area contributed by atoms with Gasteiger partial charge in [-0.25, -0.2) is 0 Å². The minimum atomic E-state index is -3.10. The van der Waals surface area contributed by atoms with Crippen LogP contribution in [-0.4, -0.2) is 58.6 Å². The normalized spacial score (nSPS) is 15.1. The predicted molar refractivity (Wildman–Crippen MR) is 155 cm³/mol. The molecule has 9 heteroatoms. The van der Waals surface area contributed by atoms with Crippen LogP contribution in [-0.2, 0) is 9.13 Å². The minimum Gasteiger partial charge on any atom is -0.341 e. The van der Waals surface area contributed by atoms with Crippen molar-refractivity contribution in [3.8, 4) is 0 Å². The van der Waals surface area contributed by atoms with E-state index in [0.29, 0.717) is 22.2 Å². The van der Waals surface area contributed by atoms with Gasteiger partial charge in [0.25, 0.3) is 0 Å². The van der Waals surface area contributed by atoms with Gasteiger partial charge in [0.2, 0.25) is 14.7 Å². The maximum atomic E-state index is 12.0. The van der Waals surface area contributed by atoms with Gasteiger partial charge in [-0.05, 0) is 24.3 Å². The van der Waals surface area contributed by atoms with Crippen LogP contribution in [0.1, 0.15) is 13.8 Å². The summed E-state index contributed by atoms with van der Waals surface area (Å²) in [6.45, 7) is 17.2. The third-order valence-electron chi connectivity index (χ3n) is 4.20. The molecule has 2 radical (unpaired) electrons. The maximum absolute atomic E-state index is 12.0. The number of hydrogen-bond donors (Lipinski definition) is 2. The Morgan fingerprint density at radius 3 is 1.09 bits per heavy atom. The van der Waals surface area contributed by atoms with Crippen LogP contribution in [0.2, 0.25) is 48.2 Å². The van der Waals surface area contributed by atoms with Crippen molar-refractivity contribution in [2.24, 2.45) is 0 Å². The summed E-state index contributed by atoms with van der Waals surface area (Å²) in [4.78, 5) is 19.8. The molecule has 2 aromatic rings. The Balaban J connectivity index is 0.000000517. The van der Waals surface area contributed by atoms with Crippen LogP contribution >= 0.6 is 14.7 Å². The first-order valence-corrected chi connectivity index (χ1v) is 26.6. The first kappa shape index (κ1) is 33.1. The Morgan fingerprint density at radius 1 is 0.636 bits per heavy atom. The molecular formula is C24H44O4P2Si2Sn. The molecule has 0 aliphatic carbocycles. The molecular weight excluding hydrogens is 589 g/mol. The molecule has 33 heavy (non-hydrogen) atoms. The van der Waals surface area contributed by atoms with E-state index in [1.54, 1.807) is 24.3 Å². The van der Waals surface area contributed by atoms with Gasteiger partial charge in [0.1, 0.15) is 0 Å². The Labute approximate surface area is 214 Å². The van der Waals surface area contributed by atoms with Gasteiger partial charge in [-0.1, -0.05) is 75.7 Å². The Bertz CT molecular complexity index is 809. The molecule has 0 bridgehead atoms. The quantitative estimate of drug-likeness (QED) is 0.258. The van der Waals surface area contributed by atoms with Crippen molar-refractivity contribution >= 4 is 62.6 Å². The van der Waals surface area contributed by atoms with Gasteiger partial charge in [0.05, 0.1) is 16.1 Å². The fourth-order valence-electron chi connectivity index (χ4n) is 3.04. The first-order valence-electron chi connectivity index (χ1n) is 11.5. The topological polar surface area (TPSA) is 74.6 Å². The molecule has 0 heterocycles. The van der Waals surface area contributed by atoms with Gasteiger partial charge in [0, 0.05) is 22.2 Å². The molecule has 186 valence electrons. The summed E-state index contributed by atoms with van der Waals surface area (Å²) in [6, 6.07) is 17.9. The van der Waals surface area contributed by atoms with Crippen molar-refractivity contribution in [3.63, 3.8) is 0 Å². The van der Waals surface area contributed by atoms with Gasteiger partial charge in [-0.2, -0.15) is 0 Å². The average molecular weight is 633 g/mol. The molecule has 0 spiro atoms. The SMILES string of the molecule is C[CH2][Sn][CH2]C.C[Si](C)(C)CP(=O)(O)c1ccccc1.C[Si](C)(C)CP(=O)(O)c1ccccc1. The van der Waals surface area contributed by atoms with Crippen molar-refractivity contribution in [3.05, 3.63) is 60.7 Å². The molecule has 0 fully saturated rings. The third kappa shape index (κ3) is 16.4. The van der Waals surface area contributed by atoms with Crippen LogP contribution < -0.4 is 10.6 Å². The van der Waals surface area contributed by atoms with E-state index >= 15 is 0 Å². The van der Waals surface area contributed by atoms with Crippen molar-refractivity contribution in [2.75, 3.05) is 11.6 Å². The zero-order valence-corrected chi connectivity index (χ0v) is 28.4. The van der Waals surface area contributed by atoms with E-state index in [1.807, 2.05) is 36.4 Å². The summed E-state index contributed by atoms with van der Waals surface area (Å²) in [5, 5.41) is 1.17. The summed E-state index contributed by atoms with van der Waals surface area (Å²) < 4.78 is 27.1. The monoisotopic (exact) mass is 634 g/mol. The smallest absolute Gasteiger partial charge is 0.227 e. The second kappa shape index (κ2) is 15.2. The van der Waals surface area contributed by atoms with E-state index < -0.39 is 30.9 Å². The van der Waals surface area contributed by atoms with Gasteiger partial charge in [-0.3, -0.25) is 9.13 Å². The van der Waals surface area contributed by atoms with E-state index in [0.717, 1.165) is 0 Å². The summed E-state index contributed by atoms with van der Waals surface area (Å²) in [6.07, 6.45) is 0. The fourth-order valence-corrected chi connectivity index (χ4v) is 17.5. The van der Waals surface area contributed by atoms with Crippen LogP contribution in [0.25, 0.3) is 0 Å². The third-order valence-corrected chi connectivity index (χ3v) is 20.3. The van der Waals surface area contributed by atoms with E-state index in [2.05, 4.69) is 53.1 Å². The molecule has 2 atom stereocenters. The van der Waals surface area contributed by atoms with Crippen molar-refractivity contribution in [1.29, 1.82) is 0 Å². The molecule has 0 aliphatic rings. The molecule has 0 aromatic heterocycles. The zero-order chi connectivity index (χ0) is 25.8. The Kier molecular flexibility index (Phi) is 15.3. The number of rotatable bonds is 8. The van der Waals surface area contributed by atoms with Crippen LogP contribution in [0.4, 0.5) is 0 Å². The van der Waals surface area contributed by atoms with Crippen LogP contribution in [0, 0.1) is 0 Å². The second-order valence-corrected chi connectivity index (χ2v) is 32.5. The van der Waals surface area contributed by atoms with Gasteiger partial charge in [0.15, 0.2) is 0 Å². The molecule has 0 aliphatic heterocycles. The van der Waals surface area contributed by atoms with Crippen molar-refractivity contribution in [2.45, 2.75) is 62.0 Å². The summed E-state index contributed by atoms with van der Waals surface area (Å²) in [5.74, 6) is 0.925. The standard InChI is InChI=1S/2C10H17O2PSi.2C2H5.Sn/c2*1-14(2,3)9-13(11,12)10-7-5-4-6-8-10;2*1-2;/h2*4-8H,9H2,1-3H3,(H,11,12);2*1H2,2H3;. The predicted octanol–water partition coefficient (Wildman–Crippen LogP) is 6.49. The van der Waals surface area contributed by atoms with E-state index in [1.165, 1.54) is 8.87 Å². The van der Waals surface area contributed by atoms with Crippen LogP contribution in [0.3, 0.4) is 0 Å². The first-order chi connectivity index (χ1) is 15.0.